The largest absolute Gasteiger partial charge is 0.477 e. The van der Waals surface area contributed by atoms with Gasteiger partial charge in [0.1, 0.15) is 11.0 Å². The molecule has 2 heterocycles. The standard InChI is InChI=1S/C11H7ClN4O4S/c12-4-1-2-5-9(16-21-15-5)8(4)13-10(17)7-3-6(11(18)19)14-20-7/h1-2,7H,3H2,(H,13,17)(H,18,19). The first-order valence-corrected chi connectivity index (χ1v) is 6.84. The summed E-state index contributed by atoms with van der Waals surface area (Å²) in [5.74, 6) is -1.76. The minimum Gasteiger partial charge on any atom is -0.477 e. The van der Waals surface area contributed by atoms with Crippen molar-refractivity contribution >= 4 is 57.6 Å². The number of amides is 1. The van der Waals surface area contributed by atoms with Gasteiger partial charge in [0.25, 0.3) is 5.91 Å². The van der Waals surface area contributed by atoms with Crippen LogP contribution < -0.4 is 5.32 Å². The number of carbonyl (C=O) groups excluding carboxylic acids is 1. The number of anilines is 1. The van der Waals surface area contributed by atoms with Crippen LogP contribution >= 0.6 is 23.3 Å². The molecule has 21 heavy (non-hydrogen) atoms. The molecule has 1 atom stereocenters. The number of nitrogens with zero attached hydrogens (tertiary/aromatic N) is 3. The molecule has 0 fully saturated rings. The van der Waals surface area contributed by atoms with E-state index in [9.17, 15) is 9.59 Å². The molecule has 1 aliphatic heterocycles. The number of aromatic nitrogens is 2. The van der Waals surface area contributed by atoms with E-state index in [2.05, 4.69) is 19.2 Å². The van der Waals surface area contributed by atoms with Crippen molar-refractivity contribution < 1.29 is 19.5 Å². The van der Waals surface area contributed by atoms with E-state index in [0.29, 0.717) is 21.7 Å². The molecule has 1 unspecified atom stereocenters. The Bertz CT molecular complexity index is 775. The van der Waals surface area contributed by atoms with Gasteiger partial charge < -0.3 is 15.3 Å². The molecular formula is C11H7ClN4O4S. The predicted octanol–water partition coefficient (Wildman–Crippen LogP) is 1.51. The van der Waals surface area contributed by atoms with Gasteiger partial charge in [-0.05, 0) is 12.1 Å². The maximum absolute atomic E-state index is 12.1. The molecule has 2 N–H and O–H groups in total. The number of hydrogen-bond acceptors (Lipinski definition) is 7. The first kappa shape index (κ1) is 13.7. The lowest BCUT2D eigenvalue weighted by atomic mass is 10.1. The van der Waals surface area contributed by atoms with Gasteiger partial charge in [-0.2, -0.15) is 8.75 Å². The number of rotatable bonds is 3. The van der Waals surface area contributed by atoms with Crippen LogP contribution in [-0.4, -0.2) is 37.5 Å². The Morgan fingerprint density at radius 1 is 1.43 bits per heavy atom. The summed E-state index contributed by atoms with van der Waals surface area (Å²) in [4.78, 5) is 27.6. The zero-order valence-electron chi connectivity index (χ0n) is 10.2. The average molecular weight is 327 g/mol. The molecule has 0 saturated heterocycles. The molecule has 3 rings (SSSR count). The summed E-state index contributed by atoms with van der Waals surface area (Å²) in [6, 6.07) is 3.28. The smallest absolute Gasteiger partial charge is 0.353 e. The highest BCUT2D eigenvalue weighted by atomic mass is 35.5. The van der Waals surface area contributed by atoms with E-state index < -0.39 is 18.0 Å². The lowest BCUT2D eigenvalue weighted by Crippen LogP contribution is -2.29. The normalized spacial score (nSPS) is 17.4. The summed E-state index contributed by atoms with van der Waals surface area (Å²) in [6.07, 6.45) is -1.11. The van der Waals surface area contributed by atoms with Crippen molar-refractivity contribution in [3.05, 3.63) is 17.2 Å². The first-order chi connectivity index (χ1) is 10.1. The minimum absolute atomic E-state index is 0.107. The van der Waals surface area contributed by atoms with Crippen LogP contribution in [0.1, 0.15) is 6.42 Å². The van der Waals surface area contributed by atoms with Crippen molar-refractivity contribution in [3.8, 4) is 0 Å². The van der Waals surface area contributed by atoms with Gasteiger partial charge in [-0.15, -0.1) is 0 Å². The third-order valence-electron chi connectivity index (χ3n) is 2.83. The Labute approximate surface area is 126 Å². The summed E-state index contributed by atoms with van der Waals surface area (Å²) in [6.45, 7) is 0. The number of fused-ring (bicyclic) bond motifs is 1. The molecular weight excluding hydrogens is 320 g/mol. The Kier molecular flexibility index (Phi) is 3.43. The highest BCUT2D eigenvalue weighted by Gasteiger charge is 2.32. The van der Waals surface area contributed by atoms with E-state index in [1.165, 1.54) is 0 Å². The zero-order valence-corrected chi connectivity index (χ0v) is 11.8. The Balaban J connectivity index is 1.80. The molecule has 0 bridgehead atoms. The fourth-order valence-electron chi connectivity index (χ4n) is 1.79. The second-order valence-corrected chi connectivity index (χ2v) is 5.12. The molecule has 1 aliphatic rings. The monoisotopic (exact) mass is 326 g/mol. The lowest BCUT2D eigenvalue weighted by Gasteiger charge is -2.10. The molecule has 0 aliphatic carbocycles. The van der Waals surface area contributed by atoms with E-state index in [1.807, 2.05) is 0 Å². The van der Waals surface area contributed by atoms with Crippen LogP contribution in [0.3, 0.4) is 0 Å². The van der Waals surface area contributed by atoms with Gasteiger partial charge in [0, 0.05) is 6.42 Å². The second kappa shape index (κ2) is 5.26. The van der Waals surface area contributed by atoms with Gasteiger partial charge in [-0.25, -0.2) is 4.79 Å². The van der Waals surface area contributed by atoms with E-state index in [4.69, 9.17) is 21.5 Å². The number of halogens is 1. The summed E-state index contributed by atoms with van der Waals surface area (Å²) in [5, 5.41) is 15.0. The predicted molar refractivity (Wildman–Crippen MR) is 75.6 cm³/mol. The molecule has 1 aromatic heterocycles. The number of nitrogens with one attached hydrogen (secondary N) is 1. The van der Waals surface area contributed by atoms with Crippen molar-refractivity contribution in [2.75, 3.05) is 5.32 Å². The third-order valence-corrected chi connectivity index (χ3v) is 3.69. The molecule has 0 radical (unpaired) electrons. The van der Waals surface area contributed by atoms with Gasteiger partial charge in [0.2, 0.25) is 6.10 Å². The summed E-state index contributed by atoms with van der Waals surface area (Å²) in [7, 11) is 0. The van der Waals surface area contributed by atoms with Gasteiger partial charge >= 0.3 is 5.97 Å². The first-order valence-electron chi connectivity index (χ1n) is 5.74. The Morgan fingerprint density at radius 3 is 2.95 bits per heavy atom. The highest BCUT2D eigenvalue weighted by molar-refractivity contribution is 7.00. The van der Waals surface area contributed by atoms with Crippen molar-refractivity contribution in [1.29, 1.82) is 0 Å². The molecule has 0 spiro atoms. The van der Waals surface area contributed by atoms with Crippen LogP contribution in [0, 0.1) is 0 Å². The number of oxime groups is 1. The second-order valence-electron chi connectivity index (χ2n) is 4.18. The topological polar surface area (TPSA) is 114 Å². The van der Waals surface area contributed by atoms with Gasteiger partial charge in [-0.3, -0.25) is 4.79 Å². The fourth-order valence-corrected chi connectivity index (χ4v) is 2.54. The molecule has 108 valence electrons. The average Bonchev–Trinajstić information content (AvgIpc) is 3.09. The van der Waals surface area contributed by atoms with Gasteiger partial charge in [-0.1, -0.05) is 16.8 Å². The van der Waals surface area contributed by atoms with Crippen LogP contribution in [0.25, 0.3) is 11.0 Å². The van der Waals surface area contributed by atoms with Crippen LogP contribution in [-0.2, 0) is 14.4 Å². The van der Waals surface area contributed by atoms with Gasteiger partial charge in [0.15, 0.2) is 5.71 Å². The number of hydrogen-bond donors (Lipinski definition) is 2. The van der Waals surface area contributed by atoms with Crippen molar-refractivity contribution in [1.82, 2.24) is 8.75 Å². The van der Waals surface area contributed by atoms with Crippen molar-refractivity contribution in [2.45, 2.75) is 12.5 Å². The molecule has 8 nitrogen and oxygen atoms in total. The van der Waals surface area contributed by atoms with Crippen LogP contribution in [0.15, 0.2) is 17.3 Å². The SMILES string of the molecule is O=C(O)C1=NOC(C(=O)Nc2c(Cl)ccc3nsnc23)C1. The number of carboxylic acid groups (broad SMARTS) is 1. The fraction of sp³-hybridized carbons (Fsp3) is 0.182. The number of carbonyl (C=O) groups is 2. The van der Waals surface area contributed by atoms with E-state index in [1.54, 1.807) is 12.1 Å². The third kappa shape index (κ3) is 2.52. The van der Waals surface area contributed by atoms with Gasteiger partial charge in [0.05, 0.1) is 22.4 Å². The maximum atomic E-state index is 12.1. The quantitative estimate of drug-likeness (QED) is 0.883. The number of benzene rings is 1. The van der Waals surface area contributed by atoms with E-state index >= 15 is 0 Å². The maximum Gasteiger partial charge on any atom is 0.353 e. The number of carboxylic acids is 1. The lowest BCUT2D eigenvalue weighted by molar-refractivity contribution is -0.129. The van der Waals surface area contributed by atoms with Crippen LogP contribution in [0.5, 0.6) is 0 Å². The molecule has 1 aromatic carbocycles. The number of aliphatic carboxylic acids is 1. The Morgan fingerprint density at radius 2 is 2.24 bits per heavy atom. The van der Waals surface area contributed by atoms with Crippen molar-refractivity contribution in [3.63, 3.8) is 0 Å². The van der Waals surface area contributed by atoms with Crippen molar-refractivity contribution in [2.24, 2.45) is 5.16 Å². The molecule has 1 amide bonds. The minimum atomic E-state index is -1.21. The molecule has 2 aromatic rings. The van der Waals surface area contributed by atoms with Crippen LogP contribution in [0.2, 0.25) is 5.02 Å². The van der Waals surface area contributed by atoms with Crippen LogP contribution in [0.4, 0.5) is 5.69 Å². The summed E-state index contributed by atoms with van der Waals surface area (Å²) >= 11 is 7.05. The summed E-state index contributed by atoms with van der Waals surface area (Å²) in [5.41, 5.74) is 1.20. The Hall–Kier alpha value is -2.26. The van der Waals surface area contributed by atoms with E-state index in [0.717, 1.165) is 11.7 Å². The zero-order chi connectivity index (χ0) is 15.0. The molecule has 0 saturated carbocycles. The highest BCUT2D eigenvalue weighted by Crippen LogP contribution is 2.30. The van der Waals surface area contributed by atoms with E-state index in [-0.39, 0.29) is 12.1 Å². The molecule has 10 heteroatoms. The summed E-state index contributed by atoms with van der Waals surface area (Å²) < 4.78 is 8.12.